The van der Waals surface area contributed by atoms with Crippen LogP contribution >= 0.6 is 34.0 Å². The molecule has 3 N–H and O–H groups in total. The molecule has 25 heavy (non-hydrogen) atoms. The van der Waals surface area contributed by atoms with E-state index in [-0.39, 0.29) is 5.95 Å². The molecule has 0 unspecified atom stereocenters. The van der Waals surface area contributed by atoms with Gasteiger partial charge in [-0.2, -0.15) is 4.98 Å². The topological polar surface area (TPSA) is 80.5 Å². The van der Waals surface area contributed by atoms with Gasteiger partial charge < -0.3 is 10.7 Å². The van der Waals surface area contributed by atoms with Crippen molar-refractivity contribution < 1.29 is 0 Å². The number of aromatic nitrogens is 4. The Bertz CT molecular complexity index is 1170. The van der Waals surface area contributed by atoms with Crippen LogP contribution in [-0.2, 0) is 0 Å². The quantitative estimate of drug-likeness (QED) is 0.454. The number of H-pyrrole nitrogens is 1. The Morgan fingerprint density at radius 3 is 2.32 bits per heavy atom. The molecule has 0 bridgehead atoms. The lowest BCUT2D eigenvalue weighted by molar-refractivity contribution is 1.22. The molecule has 0 spiro atoms. The second kappa shape index (κ2) is 5.76. The average Bonchev–Trinajstić information content (AvgIpc) is 3.39. The minimum atomic E-state index is 0.237. The Morgan fingerprint density at radius 2 is 1.56 bits per heavy atom. The summed E-state index contributed by atoms with van der Waals surface area (Å²) < 4.78 is 0. The second-order valence-electron chi connectivity index (χ2n) is 5.34. The fourth-order valence-corrected chi connectivity index (χ4v) is 5.58. The lowest BCUT2D eigenvalue weighted by Gasteiger charge is -1.99. The molecular weight excluding hydrogens is 370 g/mol. The maximum absolute atomic E-state index is 5.83. The van der Waals surface area contributed by atoms with Crippen molar-refractivity contribution in [3.05, 3.63) is 48.1 Å². The smallest absolute Gasteiger partial charge is 0.222 e. The predicted octanol–water partition coefficient (Wildman–Crippen LogP) is 5.12. The number of hydrogen-bond donors (Lipinski definition) is 2. The highest BCUT2D eigenvalue weighted by molar-refractivity contribution is 7.27. The first-order valence-electron chi connectivity index (χ1n) is 7.49. The molecule has 0 saturated carbocycles. The minimum Gasteiger partial charge on any atom is -0.368 e. The summed E-state index contributed by atoms with van der Waals surface area (Å²) >= 11 is 5.26. The summed E-state index contributed by atoms with van der Waals surface area (Å²) in [6.45, 7) is 0. The van der Waals surface area contributed by atoms with Crippen LogP contribution in [0.5, 0.6) is 0 Å². The number of nitrogens with one attached hydrogen (secondary N) is 1. The molecule has 5 heterocycles. The third kappa shape index (κ3) is 2.55. The molecule has 0 aromatic carbocycles. The number of fused-ring (bicyclic) bond motifs is 1. The van der Waals surface area contributed by atoms with Crippen molar-refractivity contribution in [1.82, 2.24) is 19.9 Å². The number of thiophene rings is 3. The summed E-state index contributed by atoms with van der Waals surface area (Å²) in [7, 11) is 0. The zero-order valence-electron chi connectivity index (χ0n) is 12.8. The molecule has 0 aliphatic rings. The van der Waals surface area contributed by atoms with Gasteiger partial charge in [0.25, 0.3) is 0 Å². The molecule has 5 nitrogen and oxygen atoms in total. The van der Waals surface area contributed by atoms with Crippen LogP contribution < -0.4 is 5.73 Å². The van der Waals surface area contributed by atoms with Crippen molar-refractivity contribution in [2.75, 3.05) is 5.73 Å². The number of nitrogen functional groups attached to an aromatic ring is 1. The number of imidazole rings is 1. The van der Waals surface area contributed by atoms with Gasteiger partial charge in [0.05, 0.1) is 11.2 Å². The molecule has 0 aliphatic carbocycles. The van der Waals surface area contributed by atoms with Crippen LogP contribution in [0.1, 0.15) is 0 Å². The molecule has 0 radical (unpaired) electrons. The van der Waals surface area contributed by atoms with Crippen LogP contribution in [0.2, 0.25) is 0 Å². The summed E-state index contributed by atoms with van der Waals surface area (Å²) in [6, 6.07) is 12.8. The molecular formula is C17H11N5S3. The Hall–Kier alpha value is -2.55. The first-order valence-corrected chi connectivity index (χ1v) is 10.00. The third-order valence-corrected chi connectivity index (χ3v) is 7.19. The van der Waals surface area contributed by atoms with Gasteiger partial charge in [0.1, 0.15) is 11.2 Å². The van der Waals surface area contributed by atoms with Crippen molar-refractivity contribution in [2.45, 2.75) is 0 Å². The van der Waals surface area contributed by atoms with E-state index in [0.717, 1.165) is 16.1 Å². The van der Waals surface area contributed by atoms with Crippen LogP contribution in [0.15, 0.2) is 48.1 Å². The SMILES string of the molecule is Nc1nc(-c2ccc(-c3ccc(-c4cccs4)s3)s2)c2[nH]cnc2n1. The van der Waals surface area contributed by atoms with Gasteiger partial charge in [0.15, 0.2) is 5.65 Å². The molecule has 0 aliphatic heterocycles. The van der Waals surface area contributed by atoms with Crippen LogP contribution in [0.25, 0.3) is 41.2 Å². The molecule has 0 atom stereocenters. The van der Waals surface area contributed by atoms with Gasteiger partial charge in [-0.05, 0) is 35.7 Å². The third-order valence-electron chi connectivity index (χ3n) is 3.76. The van der Waals surface area contributed by atoms with E-state index in [0.29, 0.717) is 5.65 Å². The van der Waals surface area contributed by atoms with E-state index in [9.17, 15) is 0 Å². The van der Waals surface area contributed by atoms with Crippen LogP contribution in [-0.4, -0.2) is 19.9 Å². The number of aromatic amines is 1. The summed E-state index contributed by atoms with van der Waals surface area (Å²) in [6.07, 6.45) is 1.61. The highest BCUT2D eigenvalue weighted by Gasteiger charge is 2.14. The maximum atomic E-state index is 5.83. The summed E-state index contributed by atoms with van der Waals surface area (Å²) in [5, 5.41) is 2.10. The summed E-state index contributed by atoms with van der Waals surface area (Å²) in [5.41, 5.74) is 8.03. The van der Waals surface area contributed by atoms with Crippen molar-refractivity contribution in [1.29, 1.82) is 0 Å². The van der Waals surface area contributed by atoms with E-state index in [2.05, 4.69) is 61.7 Å². The molecule has 0 amide bonds. The number of rotatable bonds is 3. The van der Waals surface area contributed by atoms with Gasteiger partial charge in [-0.3, -0.25) is 0 Å². The zero-order valence-corrected chi connectivity index (χ0v) is 15.2. The Balaban J connectivity index is 1.56. The van der Waals surface area contributed by atoms with Crippen LogP contribution in [0.4, 0.5) is 5.95 Å². The van der Waals surface area contributed by atoms with E-state index in [1.807, 2.05) is 0 Å². The van der Waals surface area contributed by atoms with Crippen molar-refractivity contribution in [3.63, 3.8) is 0 Å². The van der Waals surface area contributed by atoms with Gasteiger partial charge >= 0.3 is 0 Å². The number of nitrogens with zero attached hydrogens (tertiary/aromatic N) is 3. The van der Waals surface area contributed by atoms with Crippen molar-refractivity contribution in [2.24, 2.45) is 0 Å². The highest BCUT2D eigenvalue weighted by atomic mass is 32.1. The lowest BCUT2D eigenvalue weighted by atomic mass is 10.3. The van der Waals surface area contributed by atoms with Gasteiger partial charge in [0, 0.05) is 19.5 Å². The normalized spacial score (nSPS) is 11.4. The summed E-state index contributed by atoms with van der Waals surface area (Å²) in [5.74, 6) is 0.237. The first-order chi connectivity index (χ1) is 12.3. The molecule has 122 valence electrons. The van der Waals surface area contributed by atoms with Gasteiger partial charge in [-0.15, -0.1) is 34.0 Å². The van der Waals surface area contributed by atoms with Crippen LogP contribution in [0.3, 0.4) is 0 Å². The molecule has 5 aromatic heterocycles. The monoisotopic (exact) mass is 381 g/mol. The Kier molecular flexibility index (Phi) is 3.40. The van der Waals surface area contributed by atoms with Crippen LogP contribution in [0, 0.1) is 0 Å². The van der Waals surface area contributed by atoms with E-state index in [4.69, 9.17) is 5.73 Å². The Morgan fingerprint density at radius 1 is 0.840 bits per heavy atom. The fraction of sp³-hybridized carbons (Fsp3) is 0. The first kappa shape index (κ1) is 14.8. The van der Waals surface area contributed by atoms with Crippen molar-refractivity contribution >= 4 is 51.1 Å². The zero-order chi connectivity index (χ0) is 16.8. The second-order valence-corrected chi connectivity index (χ2v) is 8.45. The molecule has 0 saturated heterocycles. The van der Waals surface area contributed by atoms with Gasteiger partial charge in [0.2, 0.25) is 5.95 Å². The van der Waals surface area contributed by atoms with E-state index < -0.39 is 0 Å². The number of nitrogens with two attached hydrogens (primary N) is 1. The number of hydrogen-bond acceptors (Lipinski definition) is 7. The average molecular weight is 382 g/mol. The largest absolute Gasteiger partial charge is 0.368 e. The van der Waals surface area contributed by atoms with E-state index in [1.54, 1.807) is 40.3 Å². The molecule has 0 fully saturated rings. The van der Waals surface area contributed by atoms with Crippen molar-refractivity contribution in [3.8, 4) is 30.1 Å². The number of anilines is 1. The molecule has 5 aromatic rings. The molecule has 5 rings (SSSR count). The minimum absolute atomic E-state index is 0.237. The van der Waals surface area contributed by atoms with Gasteiger partial charge in [-0.1, -0.05) is 6.07 Å². The van der Waals surface area contributed by atoms with Gasteiger partial charge in [-0.25, -0.2) is 9.97 Å². The Labute approximate surface area is 154 Å². The fourth-order valence-electron chi connectivity index (χ4n) is 2.65. The highest BCUT2D eigenvalue weighted by Crippen LogP contribution is 2.41. The van der Waals surface area contributed by atoms with E-state index >= 15 is 0 Å². The maximum Gasteiger partial charge on any atom is 0.222 e. The predicted molar refractivity (Wildman–Crippen MR) is 106 cm³/mol. The standard InChI is InChI=1S/C17H11N5S3/c18-17-21-14(15-16(22-17)20-8-19-15)13-6-5-12(25-13)11-4-3-10(24-11)9-2-1-7-23-9/h1-8H,(H3,18,19,20,21,22). The summed E-state index contributed by atoms with van der Waals surface area (Å²) in [4.78, 5) is 22.0. The lowest BCUT2D eigenvalue weighted by Crippen LogP contribution is -1.96. The van der Waals surface area contributed by atoms with E-state index in [1.165, 1.54) is 19.5 Å². The molecule has 8 heteroatoms.